The van der Waals surface area contributed by atoms with Crippen LogP contribution in [0.5, 0.6) is 0 Å². The molecule has 1 aliphatic heterocycles. The number of nitrogens with one attached hydrogen (secondary N) is 1. The average molecular weight is 396 g/mol. The molecule has 2 aliphatic rings. The molecule has 1 amide bonds. The molecule has 0 aromatic carbocycles. The SMILES string of the molecule is O=C(CCC1CCCC1)NCCS(=O)(=O)N1CCN(c2ncccn2)CC1. The molecule has 1 N–H and O–H groups in total. The van der Waals surface area contributed by atoms with Crippen LogP contribution in [0.15, 0.2) is 18.5 Å². The number of rotatable bonds is 8. The highest BCUT2D eigenvalue weighted by molar-refractivity contribution is 7.89. The number of hydrogen-bond acceptors (Lipinski definition) is 6. The van der Waals surface area contributed by atoms with E-state index in [1.54, 1.807) is 18.5 Å². The lowest BCUT2D eigenvalue weighted by molar-refractivity contribution is -0.121. The average Bonchev–Trinajstić information content (AvgIpc) is 3.21. The molecule has 2 heterocycles. The number of anilines is 1. The van der Waals surface area contributed by atoms with E-state index >= 15 is 0 Å². The van der Waals surface area contributed by atoms with Crippen molar-refractivity contribution in [3.63, 3.8) is 0 Å². The highest BCUT2D eigenvalue weighted by Gasteiger charge is 2.27. The Morgan fingerprint density at radius 1 is 1.11 bits per heavy atom. The van der Waals surface area contributed by atoms with Crippen molar-refractivity contribution in [3.05, 3.63) is 18.5 Å². The van der Waals surface area contributed by atoms with Crippen LogP contribution in [0.4, 0.5) is 5.95 Å². The highest BCUT2D eigenvalue weighted by Crippen LogP contribution is 2.28. The van der Waals surface area contributed by atoms with Crippen molar-refractivity contribution in [2.45, 2.75) is 38.5 Å². The third-order valence-corrected chi connectivity index (χ3v) is 7.28. The van der Waals surface area contributed by atoms with Crippen molar-refractivity contribution in [1.82, 2.24) is 19.6 Å². The second kappa shape index (κ2) is 9.45. The summed E-state index contributed by atoms with van der Waals surface area (Å²) in [6.07, 6.45) is 9.77. The molecule has 0 bridgehead atoms. The molecule has 0 radical (unpaired) electrons. The molecule has 1 saturated heterocycles. The minimum absolute atomic E-state index is 0.0388. The van der Waals surface area contributed by atoms with Crippen LogP contribution >= 0.6 is 0 Å². The number of hydrogen-bond donors (Lipinski definition) is 1. The van der Waals surface area contributed by atoms with Crippen molar-refractivity contribution >= 4 is 21.9 Å². The first-order chi connectivity index (χ1) is 13.0. The molecule has 0 unspecified atom stereocenters. The molecular weight excluding hydrogens is 366 g/mol. The third-order valence-electron chi connectivity index (χ3n) is 5.40. The Bertz CT molecular complexity index is 699. The molecule has 0 atom stereocenters. The van der Waals surface area contributed by atoms with Gasteiger partial charge in [0.15, 0.2) is 0 Å². The fraction of sp³-hybridized carbons (Fsp3) is 0.722. The van der Waals surface area contributed by atoms with E-state index < -0.39 is 10.0 Å². The molecule has 1 aliphatic carbocycles. The highest BCUT2D eigenvalue weighted by atomic mass is 32.2. The Balaban J connectivity index is 1.36. The summed E-state index contributed by atoms with van der Waals surface area (Å²) in [5.41, 5.74) is 0. The van der Waals surface area contributed by atoms with Gasteiger partial charge in [-0.25, -0.2) is 18.4 Å². The van der Waals surface area contributed by atoms with Crippen molar-refractivity contribution < 1.29 is 13.2 Å². The van der Waals surface area contributed by atoms with Crippen LogP contribution in [0.25, 0.3) is 0 Å². The van der Waals surface area contributed by atoms with E-state index in [0.29, 0.717) is 44.5 Å². The number of carbonyl (C=O) groups is 1. The number of nitrogens with zero attached hydrogens (tertiary/aromatic N) is 4. The van der Waals surface area contributed by atoms with E-state index in [1.807, 2.05) is 4.90 Å². The van der Waals surface area contributed by atoms with Gasteiger partial charge in [-0.1, -0.05) is 25.7 Å². The van der Waals surface area contributed by atoms with Crippen LogP contribution in [0.1, 0.15) is 38.5 Å². The monoisotopic (exact) mass is 395 g/mol. The molecule has 8 nitrogen and oxygen atoms in total. The zero-order chi connectivity index (χ0) is 19.1. The molecule has 27 heavy (non-hydrogen) atoms. The lowest BCUT2D eigenvalue weighted by Gasteiger charge is -2.33. The molecular formula is C18H29N5O3S. The minimum Gasteiger partial charge on any atom is -0.355 e. The lowest BCUT2D eigenvalue weighted by atomic mass is 10.0. The summed E-state index contributed by atoms with van der Waals surface area (Å²) in [7, 11) is -3.36. The van der Waals surface area contributed by atoms with Gasteiger partial charge >= 0.3 is 0 Å². The van der Waals surface area contributed by atoms with Gasteiger partial charge in [-0.15, -0.1) is 0 Å². The topological polar surface area (TPSA) is 95.5 Å². The Morgan fingerprint density at radius 2 is 1.78 bits per heavy atom. The molecule has 1 aromatic rings. The summed E-state index contributed by atoms with van der Waals surface area (Å²) in [4.78, 5) is 22.3. The van der Waals surface area contributed by atoms with E-state index in [9.17, 15) is 13.2 Å². The van der Waals surface area contributed by atoms with Gasteiger partial charge in [-0.2, -0.15) is 4.31 Å². The minimum atomic E-state index is -3.36. The standard InChI is InChI=1S/C18H29N5O3S/c24-17(7-6-16-4-1-2-5-16)19-10-15-27(25,26)23-13-11-22(12-14-23)18-20-8-3-9-21-18/h3,8-9,16H,1-2,4-7,10-15H2,(H,19,24). The summed E-state index contributed by atoms with van der Waals surface area (Å²) < 4.78 is 26.5. The second-order valence-electron chi connectivity index (χ2n) is 7.29. The van der Waals surface area contributed by atoms with E-state index in [-0.39, 0.29) is 18.2 Å². The molecule has 1 aromatic heterocycles. The Kier molecular flexibility index (Phi) is 7.01. The number of carbonyl (C=O) groups excluding carboxylic acids is 1. The normalized spacial score (nSPS) is 19.3. The van der Waals surface area contributed by atoms with Crippen molar-refractivity contribution in [2.75, 3.05) is 43.4 Å². The fourth-order valence-electron chi connectivity index (χ4n) is 3.79. The van der Waals surface area contributed by atoms with E-state index in [0.717, 1.165) is 6.42 Å². The Labute approximate surface area is 161 Å². The zero-order valence-corrected chi connectivity index (χ0v) is 16.5. The first-order valence-corrected chi connectivity index (χ1v) is 11.4. The fourth-order valence-corrected chi connectivity index (χ4v) is 5.13. The van der Waals surface area contributed by atoms with Gasteiger partial charge in [-0.3, -0.25) is 4.79 Å². The summed E-state index contributed by atoms with van der Waals surface area (Å²) in [5, 5.41) is 2.76. The van der Waals surface area contributed by atoms with Gasteiger partial charge in [0.1, 0.15) is 0 Å². The maximum atomic E-state index is 12.5. The van der Waals surface area contributed by atoms with Crippen LogP contribution in [0.3, 0.4) is 0 Å². The Morgan fingerprint density at radius 3 is 2.44 bits per heavy atom. The van der Waals surface area contributed by atoms with Crippen molar-refractivity contribution in [1.29, 1.82) is 0 Å². The van der Waals surface area contributed by atoms with Gasteiger partial charge in [0.25, 0.3) is 0 Å². The molecule has 3 rings (SSSR count). The number of piperazine rings is 1. The van der Waals surface area contributed by atoms with Crippen LogP contribution in [-0.4, -0.2) is 67.1 Å². The Hall–Kier alpha value is -1.74. The van der Waals surface area contributed by atoms with Gasteiger partial charge in [0.05, 0.1) is 5.75 Å². The predicted molar refractivity (Wildman–Crippen MR) is 104 cm³/mol. The van der Waals surface area contributed by atoms with Gasteiger partial charge < -0.3 is 10.2 Å². The second-order valence-corrected chi connectivity index (χ2v) is 9.38. The zero-order valence-electron chi connectivity index (χ0n) is 15.7. The summed E-state index contributed by atoms with van der Waals surface area (Å²) in [6, 6.07) is 1.76. The van der Waals surface area contributed by atoms with Crippen molar-refractivity contribution in [2.24, 2.45) is 5.92 Å². The summed E-state index contributed by atoms with van der Waals surface area (Å²) in [5.74, 6) is 1.21. The van der Waals surface area contributed by atoms with Gasteiger partial charge in [0, 0.05) is 51.5 Å². The third kappa shape index (κ3) is 5.87. The van der Waals surface area contributed by atoms with Crippen molar-refractivity contribution in [3.8, 4) is 0 Å². The summed E-state index contributed by atoms with van der Waals surface area (Å²) in [6.45, 7) is 2.13. The van der Waals surface area contributed by atoms with E-state index in [1.165, 1.54) is 30.0 Å². The molecule has 9 heteroatoms. The maximum Gasteiger partial charge on any atom is 0.225 e. The first kappa shape index (κ1) is 20.0. The molecule has 1 saturated carbocycles. The summed E-state index contributed by atoms with van der Waals surface area (Å²) >= 11 is 0. The quantitative estimate of drug-likeness (QED) is 0.706. The first-order valence-electron chi connectivity index (χ1n) is 9.81. The molecule has 2 fully saturated rings. The van der Waals surface area contributed by atoms with Crippen LogP contribution < -0.4 is 10.2 Å². The van der Waals surface area contributed by atoms with Crippen LogP contribution in [0.2, 0.25) is 0 Å². The van der Waals surface area contributed by atoms with Crippen LogP contribution in [-0.2, 0) is 14.8 Å². The van der Waals surface area contributed by atoms with E-state index in [4.69, 9.17) is 0 Å². The lowest BCUT2D eigenvalue weighted by Crippen LogP contribution is -2.50. The van der Waals surface area contributed by atoms with Crippen LogP contribution in [0, 0.1) is 5.92 Å². The molecule has 150 valence electrons. The van der Waals surface area contributed by atoms with Gasteiger partial charge in [-0.05, 0) is 18.4 Å². The molecule has 0 spiro atoms. The van der Waals surface area contributed by atoms with Gasteiger partial charge in [0.2, 0.25) is 21.9 Å². The smallest absolute Gasteiger partial charge is 0.225 e. The maximum absolute atomic E-state index is 12.5. The predicted octanol–water partition coefficient (Wildman–Crippen LogP) is 1.02. The number of aromatic nitrogens is 2. The van der Waals surface area contributed by atoms with E-state index in [2.05, 4.69) is 15.3 Å². The number of sulfonamides is 1. The largest absolute Gasteiger partial charge is 0.355 e. The number of amides is 1.